The normalized spacial score (nSPS) is 26.6. The van der Waals surface area contributed by atoms with Crippen LogP contribution in [0.2, 0.25) is 0 Å². The lowest BCUT2D eigenvalue weighted by Crippen LogP contribution is -2.42. The summed E-state index contributed by atoms with van der Waals surface area (Å²) in [5.41, 5.74) is 4.59. The van der Waals surface area contributed by atoms with Crippen LogP contribution in [0.25, 0.3) is 0 Å². The molecule has 0 amide bonds. The van der Waals surface area contributed by atoms with Gasteiger partial charge in [0.15, 0.2) is 12.3 Å². The highest BCUT2D eigenvalue weighted by molar-refractivity contribution is 7.65. The number of anilines is 1. The Bertz CT molecular complexity index is 1190. The van der Waals surface area contributed by atoms with Crippen LogP contribution in [-0.4, -0.2) is 52.6 Å². The van der Waals surface area contributed by atoms with E-state index < -0.39 is 78.5 Å². The number of aromatic nitrogens is 2. The molecule has 0 aromatic carbocycles. The third-order valence-electron chi connectivity index (χ3n) is 4.28. The fraction of sp³-hybridized carbons (Fsp3) is 0.706. The lowest BCUT2D eigenvalue weighted by molar-refractivity contribution is -0.252. The van der Waals surface area contributed by atoms with Crippen molar-refractivity contribution in [3.63, 3.8) is 0 Å². The molecule has 1 aromatic heterocycles. The number of ether oxygens (including phenoxy) is 3. The van der Waals surface area contributed by atoms with E-state index in [0.29, 0.717) is 0 Å². The summed E-state index contributed by atoms with van der Waals surface area (Å²) in [6.45, 7) is 5.77. The second-order valence-electron chi connectivity index (χ2n) is 8.29. The zero-order valence-corrected chi connectivity index (χ0v) is 23.4. The molecule has 0 bridgehead atoms. The molecule has 38 heavy (non-hydrogen) atoms. The van der Waals surface area contributed by atoms with Gasteiger partial charge in [0.05, 0.1) is 18.8 Å². The molecule has 7 atom stereocenters. The van der Waals surface area contributed by atoms with E-state index in [1.54, 1.807) is 13.8 Å². The highest BCUT2D eigenvalue weighted by Gasteiger charge is 2.50. The Kier molecular flexibility index (Phi) is 11.0. The third kappa shape index (κ3) is 9.90. The fourth-order valence-corrected chi connectivity index (χ4v) is 6.74. The average Bonchev–Trinajstić information content (AvgIpc) is 2.99. The van der Waals surface area contributed by atoms with Crippen molar-refractivity contribution >= 4 is 35.3 Å². The van der Waals surface area contributed by atoms with Crippen LogP contribution in [0, 0.1) is 0 Å². The lowest BCUT2D eigenvalue weighted by atomic mass is 10.1. The van der Waals surface area contributed by atoms with Gasteiger partial charge < -0.3 is 43.7 Å². The molecule has 2 heterocycles. The molecule has 2 N–H and O–H groups in total. The summed E-state index contributed by atoms with van der Waals surface area (Å²) < 4.78 is 69.5. The Morgan fingerprint density at radius 2 is 1.68 bits per heavy atom. The minimum absolute atomic E-state index is 0.113. The van der Waals surface area contributed by atoms with Crippen LogP contribution < -0.4 is 26.1 Å². The van der Waals surface area contributed by atoms with E-state index in [-0.39, 0.29) is 5.82 Å². The van der Waals surface area contributed by atoms with Gasteiger partial charge in [-0.15, -0.1) is 0 Å². The second-order valence-corrected chi connectivity index (χ2v) is 12.7. The maximum atomic E-state index is 12.4. The zero-order chi connectivity index (χ0) is 29.1. The highest BCUT2D eigenvalue weighted by Crippen LogP contribution is 2.63. The standard InChI is InChI=1S/C17H30N3O15P3/c1-9(2)30-14-12(8-29-36(23,24)34-38(27,28)35-37(25,26)33-10(3)4)32-16(15(14)31-11(5)21)20-7-6-13(18)19-17(20)22/h6-7,9-10,12,14-16H,8H2,1-5H3,(H,23,24)(H,25,26)(H,27,28)(H2,18,19,22)/p-3/t12-,14?,15+,16-/m1/s1. The van der Waals surface area contributed by atoms with Crippen molar-refractivity contribution < 1.29 is 65.0 Å². The number of nitrogens with two attached hydrogens (primary N) is 1. The van der Waals surface area contributed by atoms with Gasteiger partial charge in [-0.2, -0.15) is 4.98 Å². The molecule has 4 unspecified atom stereocenters. The highest BCUT2D eigenvalue weighted by atomic mass is 31.3. The van der Waals surface area contributed by atoms with E-state index in [4.69, 9.17) is 19.9 Å². The predicted molar refractivity (Wildman–Crippen MR) is 120 cm³/mol. The Morgan fingerprint density at radius 3 is 2.21 bits per heavy atom. The molecule has 21 heteroatoms. The Hall–Kier alpha value is -1.52. The molecule has 0 saturated carbocycles. The van der Waals surface area contributed by atoms with Crippen LogP contribution >= 0.6 is 23.5 Å². The number of phosphoric acid groups is 3. The number of hydrogen-bond donors (Lipinski definition) is 1. The number of carbonyl (C=O) groups excluding carboxylic acids is 1. The van der Waals surface area contributed by atoms with Crippen molar-refractivity contribution in [2.45, 2.75) is 71.4 Å². The van der Waals surface area contributed by atoms with Crippen molar-refractivity contribution in [1.82, 2.24) is 9.55 Å². The number of carbonyl (C=O) groups is 1. The molecule has 218 valence electrons. The molecular formula is C17H27N3O15P3-3. The van der Waals surface area contributed by atoms with E-state index in [9.17, 15) is 38.0 Å². The molecule has 1 aliphatic heterocycles. The van der Waals surface area contributed by atoms with Gasteiger partial charge in [0.2, 0.25) is 0 Å². The van der Waals surface area contributed by atoms with Crippen LogP contribution in [-0.2, 0) is 50.4 Å². The van der Waals surface area contributed by atoms with Gasteiger partial charge in [-0.05, 0) is 33.8 Å². The van der Waals surface area contributed by atoms with E-state index in [1.165, 1.54) is 26.1 Å². The first-order chi connectivity index (χ1) is 17.3. The SMILES string of the molecule is CC(=O)O[C@H]1C(OC(C)C)[C@@H](COP(=O)([O-])OP(=O)([O-])OP(=O)([O-])OC(C)C)O[C@H]1n1ccc(N)nc1=O. The number of nitrogens with zero attached hydrogens (tertiary/aromatic N) is 2. The van der Waals surface area contributed by atoms with Gasteiger partial charge >= 0.3 is 11.7 Å². The van der Waals surface area contributed by atoms with E-state index >= 15 is 0 Å². The number of hydrogen-bond acceptors (Lipinski definition) is 17. The smallest absolute Gasteiger partial charge is 0.351 e. The summed E-state index contributed by atoms with van der Waals surface area (Å²) in [5, 5.41) is 0. The van der Waals surface area contributed by atoms with E-state index in [1.807, 2.05) is 0 Å². The van der Waals surface area contributed by atoms with E-state index in [2.05, 4.69) is 22.7 Å². The van der Waals surface area contributed by atoms with Gasteiger partial charge in [-0.1, -0.05) is 0 Å². The first kappa shape index (κ1) is 32.7. The molecule has 1 aliphatic rings. The molecule has 1 aromatic rings. The van der Waals surface area contributed by atoms with Crippen molar-refractivity contribution in [2.75, 3.05) is 12.3 Å². The monoisotopic (exact) mass is 606 g/mol. The van der Waals surface area contributed by atoms with Crippen LogP contribution in [0.15, 0.2) is 17.1 Å². The Labute approximate surface area is 216 Å². The van der Waals surface area contributed by atoms with Crippen molar-refractivity contribution in [1.29, 1.82) is 0 Å². The van der Waals surface area contributed by atoms with Gasteiger partial charge in [-0.3, -0.25) is 23.1 Å². The number of nitrogen functional groups attached to an aromatic ring is 1. The maximum Gasteiger partial charge on any atom is 0.351 e. The molecule has 0 spiro atoms. The van der Waals surface area contributed by atoms with Crippen LogP contribution in [0.1, 0.15) is 40.8 Å². The number of phosphoric ester groups is 2. The number of esters is 1. The Balaban J connectivity index is 2.26. The molecule has 18 nitrogen and oxygen atoms in total. The summed E-state index contributed by atoms with van der Waals surface area (Å²) in [5.74, 6) is -0.912. The quantitative estimate of drug-likeness (QED) is 0.215. The van der Waals surface area contributed by atoms with Crippen LogP contribution in [0.5, 0.6) is 0 Å². The Morgan fingerprint density at radius 1 is 1.08 bits per heavy atom. The molecule has 0 radical (unpaired) electrons. The molecular weight excluding hydrogens is 579 g/mol. The van der Waals surface area contributed by atoms with Crippen molar-refractivity contribution in [3.8, 4) is 0 Å². The van der Waals surface area contributed by atoms with Crippen molar-refractivity contribution in [2.24, 2.45) is 0 Å². The average molecular weight is 606 g/mol. The predicted octanol–water partition coefficient (Wildman–Crippen LogP) is -0.672. The van der Waals surface area contributed by atoms with Gasteiger partial charge in [0.25, 0.3) is 23.5 Å². The number of rotatable bonds is 13. The van der Waals surface area contributed by atoms with Gasteiger partial charge in [0.1, 0.15) is 18.0 Å². The summed E-state index contributed by atoms with van der Waals surface area (Å²) in [7, 11) is -17.4. The summed E-state index contributed by atoms with van der Waals surface area (Å²) in [6.07, 6.45) is -5.73. The molecule has 2 rings (SSSR count). The second kappa shape index (κ2) is 12.8. The fourth-order valence-electron chi connectivity index (χ4n) is 3.21. The van der Waals surface area contributed by atoms with Crippen molar-refractivity contribution in [3.05, 3.63) is 22.7 Å². The summed E-state index contributed by atoms with van der Waals surface area (Å²) in [6, 6.07) is 1.25. The lowest BCUT2D eigenvalue weighted by Gasteiger charge is -2.35. The van der Waals surface area contributed by atoms with Gasteiger partial charge in [0, 0.05) is 13.1 Å². The minimum Gasteiger partial charge on any atom is -0.756 e. The van der Waals surface area contributed by atoms with Crippen LogP contribution in [0.4, 0.5) is 5.82 Å². The zero-order valence-electron chi connectivity index (χ0n) is 20.8. The third-order valence-corrected chi connectivity index (χ3v) is 8.62. The molecule has 1 saturated heterocycles. The molecule has 1 fully saturated rings. The van der Waals surface area contributed by atoms with Gasteiger partial charge in [-0.25, -0.2) is 13.4 Å². The maximum absolute atomic E-state index is 12.4. The molecule has 0 aliphatic carbocycles. The van der Waals surface area contributed by atoms with E-state index in [0.717, 1.165) is 11.5 Å². The summed E-state index contributed by atoms with van der Waals surface area (Å²) in [4.78, 5) is 63.3. The van der Waals surface area contributed by atoms with Crippen LogP contribution in [0.3, 0.4) is 0 Å². The summed E-state index contributed by atoms with van der Waals surface area (Å²) >= 11 is 0. The largest absolute Gasteiger partial charge is 0.756 e. The first-order valence-corrected chi connectivity index (χ1v) is 15.2. The minimum atomic E-state index is -6.05. The first-order valence-electron chi connectivity index (χ1n) is 10.8. The topological polar surface area (TPSA) is 263 Å².